The topological polar surface area (TPSA) is 157 Å². The van der Waals surface area contributed by atoms with E-state index in [0.717, 1.165) is 4.68 Å². The van der Waals surface area contributed by atoms with Crippen LogP contribution in [0.4, 0.5) is 15.8 Å². The first-order chi connectivity index (χ1) is 16.8. The van der Waals surface area contributed by atoms with E-state index in [4.69, 9.17) is 26.4 Å². The fraction of sp³-hybridized carbons (Fsp3) is 0.125. The zero-order chi connectivity index (χ0) is 25.1. The average molecular weight is 478 g/mol. The molecule has 0 spiro atoms. The van der Waals surface area contributed by atoms with Gasteiger partial charge in [-0.2, -0.15) is 4.68 Å². The lowest BCUT2D eigenvalue weighted by molar-refractivity contribution is 0.370. The van der Waals surface area contributed by atoms with Gasteiger partial charge in [-0.3, -0.25) is 10.4 Å². The van der Waals surface area contributed by atoms with Crippen LogP contribution >= 0.6 is 0 Å². The van der Waals surface area contributed by atoms with Crippen molar-refractivity contribution in [3.8, 4) is 17.2 Å². The predicted octanol–water partition coefficient (Wildman–Crippen LogP) is 2.78. The Morgan fingerprint density at radius 1 is 1.14 bits per heavy atom. The maximum Gasteiger partial charge on any atom is 0.348 e. The number of para-hydroxylation sites is 2. The van der Waals surface area contributed by atoms with Crippen molar-refractivity contribution < 1.29 is 13.9 Å². The summed E-state index contributed by atoms with van der Waals surface area (Å²) in [5, 5.41) is 15.2. The van der Waals surface area contributed by atoms with Crippen molar-refractivity contribution in [2.45, 2.75) is 6.04 Å². The van der Waals surface area contributed by atoms with Gasteiger partial charge >= 0.3 is 5.69 Å². The number of halogens is 1. The van der Waals surface area contributed by atoms with E-state index in [-0.39, 0.29) is 23.0 Å². The van der Waals surface area contributed by atoms with Crippen molar-refractivity contribution >= 4 is 17.2 Å². The monoisotopic (exact) mass is 477 g/mol. The molecule has 0 bridgehead atoms. The fourth-order valence-electron chi connectivity index (χ4n) is 3.59. The number of nitrogens with one attached hydrogen (secondary N) is 3. The zero-order valence-corrected chi connectivity index (χ0v) is 19.0. The van der Waals surface area contributed by atoms with Crippen LogP contribution in [-0.2, 0) is 0 Å². The van der Waals surface area contributed by atoms with E-state index in [1.807, 2.05) is 0 Å². The normalized spacial score (nSPS) is 11.6. The molecule has 1 heterocycles. The van der Waals surface area contributed by atoms with E-state index < -0.39 is 17.5 Å². The number of hydrogen-bond acceptors (Lipinski definition) is 7. The summed E-state index contributed by atoms with van der Waals surface area (Å²) in [6, 6.07) is 15.4. The SMILES string of the molecule is COc1cc(OC)c(F)c([C@H](Nc2ccc(C(=N)N)cc2)c2nn(-c3ccccc3N)c(=O)[nH]2)c1. The molecule has 0 fully saturated rings. The molecule has 0 aliphatic carbocycles. The van der Waals surface area contributed by atoms with Crippen molar-refractivity contribution in [1.29, 1.82) is 5.41 Å². The molecular weight excluding hydrogens is 453 g/mol. The van der Waals surface area contributed by atoms with Crippen molar-refractivity contribution in [1.82, 2.24) is 14.8 Å². The summed E-state index contributed by atoms with van der Waals surface area (Å²) < 4.78 is 27.1. The van der Waals surface area contributed by atoms with Gasteiger partial charge in [0.05, 0.1) is 25.6 Å². The molecule has 0 amide bonds. The quantitative estimate of drug-likeness (QED) is 0.148. The van der Waals surface area contributed by atoms with E-state index in [2.05, 4.69) is 15.4 Å². The molecule has 0 saturated carbocycles. The van der Waals surface area contributed by atoms with Crippen molar-refractivity contribution in [3.63, 3.8) is 0 Å². The van der Waals surface area contributed by atoms with Gasteiger partial charge in [0.1, 0.15) is 17.6 Å². The van der Waals surface area contributed by atoms with Gasteiger partial charge in [-0.1, -0.05) is 12.1 Å². The van der Waals surface area contributed by atoms with E-state index in [9.17, 15) is 4.79 Å². The number of hydrogen-bond donors (Lipinski definition) is 5. The number of anilines is 2. The first-order valence-electron chi connectivity index (χ1n) is 10.5. The lowest BCUT2D eigenvalue weighted by Crippen LogP contribution is -2.17. The highest BCUT2D eigenvalue weighted by atomic mass is 19.1. The van der Waals surface area contributed by atoms with E-state index >= 15 is 4.39 Å². The number of methoxy groups -OCH3 is 2. The number of aromatic nitrogens is 3. The molecule has 0 saturated heterocycles. The van der Waals surface area contributed by atoms with Gasteiger partial charge in [0.15, 0.2) is 17.4 Å². The first-order valence-corrected chi connectivity index (χ1v) is 10.5. The number of nitrogens with two attached hydrogens (primary N) is 2. The molecule has 1 atom stereocenters. The highest BCUT2D eigenvalue weighted by Gasteiger charge is 2.26. The van der Waals surface area contributed by atoms with Crippen LogP contribution < -0.4 is 31.9 Å². The maximum absolute atomic E-state index is 15.5. The standard InChI is InChI=1S/C24H24FN7O3/c1-34-15-11-16(20(25)19(12-15)35-2)21(29-14-9-7-13(8-10-14)22(27)28)23-30-24(33)32(31-23)18-6-4-3-5-17(18)26/h3-12,21,29H,26H2,1-2H3,(H3,27,28)(H,30,31,33)/t21-/m0/s1. The number of aromatic amines is 1. The highest BCUT2D eigenvalue weighted by molar-refractivity contribution is 5.95. The Kier molecular flexibility index (Phi) is 6.40. The summed E-state index contributed by atoms with van der Waals surface area (Å²) >= 11 is 0. The van der Waals surface area contributed by atoms with Crippen LogP contribution in [0.25, 0.3) is 5.69 Å². The molecular formula is C24H24FN7O3. The third-order valence-electron chi connectivity index (χ3n) is 5.39. The molecule has 0 aliphatic heterocycles. The maximum atomic E-state index is 15.5. The Labute approximate surface area is 199 Å². The number of H-pyrrole nitrogens is 1. The first kappa shape index (κ1) is 23.4. The number of ether oxygens (including phenoxy) is 2. The molecule has 0 radical (unpaired) electrons. The van der Waals surface area contributed by atoms with Crippen LogP contribution in [-0.4, -0.2) is 34.8 Å². The van der Waals surface area contributed by atoms with E-state index in [1.165, 1.54) is 26.4 Å². The minimum atomic E-state index is -0.957. The van der Waals surface area contributed by atoms with Crippen molar-refractivity contribution in [2.75, 3.05) is 25.3 Å². The summed E-state index contributed by atoms with van der Waals surface area (Å²) in [5.41, 5.74) is 13.0. The molecule has 7 N–H and O–H groups in total. The van der Waals surface area contributed by atoms with Gasteiger partial charge in [0.2, 0.25) is 0 Å². The lowest BCUT2D eigenvalue weighted by atomic mass is 10.0. The summed E-state index contributed by atoms with van der Waals surface area (Å²) in [6.07, 6.45) is 0. The fourth-order valence-corrected chi connectivity index (χ4v) is 3.59. The molecule has 11 heteroatoms. The molecule has 3 aromatic carbocycles. The number of amidine groups is 1. The molecule has 180 valence electrons. The average Bonchev–Trinajstić information content (AvgIpc) is 3.24. The van der Waals surface area contributed by atoms with Gasteiger partial charge in [0, 0.05) is 22.9 Å². The Hall–Kier alpha value is -4.80. The van der Waals surface area contributed by atoms with Gasteiger partial charge < -0.3 is 26.3 Å². The van der Waals surface area contributed by atoms with Gasteiger partial charge in [0.25, 0.3) is 0 Å². The molecule has 35 heavy (non-hydrogen) atoms. The summed E-state index contributed by atoms with van der Waals surface area (Å²) in [5.74, 6) is -0.290. The van der Waals surface area contributed by atoms with Gasteiger partial charge in [-0.15, -0.1) is 5.10 Å². The minimum Gasteiger partial charge on any atom is -0.497 e. The Bertz CT molecular complexity index is 1430. The third kappa shape index (κ3) is 4.64. The number of rotatable bonds is 8. The Morgan fingerprint density at radius 3 is 2.49 bits per heavy atom. The van der Waals surface area contributed by atoms with Crippen LogP contribution in [0.2, 0.25) is 0 Å². The number of nitrogen functional groups attached to an aromatic ring is 2. The minimum absolute atomic E-state index is 0.0350. The van der Waals surface area contributed by atoms with Crippen LogP contribution in [0.15, 0.2) is 65.5 Å². The second kappa shape index (κ2) is 9.59. The molecule has 4 rings (SSSR count). The Balaban J connectivity index is 1.86. The second-order valence-corrected chi connectivity index (χ2v) is 7.59. The summed E-state index contributed by atoms with van der Waals surface area (Å²) in [7, 11) is 2.80. The molecule has 0 unspecified atom stereocenters. The number of benzene rings is 3. The Morgan fingerprint density at radius 2 is 1.86 bits per heavy atom. The second-order valence-electron chi connectivity index (χ2n) is 7.59. The summed E-state index contributed by atoms with van der Waals surface area (Å²) in [4.78, 5) is 15.5. The van der Waals surface area contributed by atoms with E-state index in [1.54, 1.807) is 48.5 Å². The van der Waals surface area contributed by atoms with Crippen LogP contribution in [0, 0.1) is 11.2 Å². The van der Waals surface area contributed by atoms with E-state index in [0.29, 0.717) is 28.4 Å². The lowest BCUT2D eigenvalue weighted by Gasteiger charge is -2.21. The van der Waals surface area contributed by atoms with Gasteiger partial charge in [-0.25, -0.2) is 9.18 Å². The molecule has 10 nitrogen and oxygen atoms in total. The van der Waals surface area contributed by atoms with Crippen LogP contribution in [0.5, 0.6) is 11.5 Å². The summed E-state index contributed by atoms with van der Waals surface area (Å²) in [6.45, 7) is 0. The zero-order valence-electron chi connectivity index (χ0n) is 19.0. The number of nitrogens with zero attached hydrogens (tertiary/aromatic N) is 2. The smallest absolute Gasteiger partial charge is 0.348 e. The van der Waals surface area contributed by atoms with Crippen LogP contribution in [0.1, 0.15) is 23.0 Å². The largest absolute Gasteiger partial charge is 0.497 e. The highest BCUT2D eigenvalue weighted by Crippen LogP contribution is 2.34. The molecule has 4 aromatic rings. The van der Waals surface area contributed by atoms with Crippen molar-refractivity contribution in [2.24, 2.45) is 5.73 Å². The molecule has 0 aliphatic rings. The predicted molar refractivity (Wildman–Crippen MR) is 131 cm³/mol. The molecule has 1 aromatic heterocycles. The van der Waals surface area contributed by atoms with Crippen LogP contribution in [0.3, 0.4) is 0 Å². The van der Waals surface area contributed by atoms with Gasteiger partial charge in [-0.05, 0) is 42.5 Å². The third-order valence-corrected chi connectivity index (χ3v) is 5.39. The van der Waals surface area contributed by atoms with Crippen molar-refractivity contribution in [3.05, 3.63) is 93.9 Å².